The number of Topliss-reactive ketones (excluding diaryl/α,β-unsaturated/α-hetero) is 1. The summed E-state index contributed by atoms with van der Waals surface area (Å²) < 4.78 is 4.59. The SMILES string of the molecule is O=C1C=C(N2CC2)C(=O)C(N2CC2)=C1N1CC1.[B]OCC(CC)CCCC. The largest absolute Gasteiger partial charge is 0.447 e. The highest BCUT2D eigenvalue weighted by Crippen LogP contribution is 2.33. The summed E-state index contributed by atoms with van der Waals surface area (Å²) in [6, 6.07) is 0. The van der Waals surface area contributed by atoms with Crippen molar-refractivity contribution in [3.8, 4) is 0 Å². The van der Waals surface area contributed by atoms with Crippen LogP contribution in [0.3, 0.4) is 0 Å². The Bertz CT molecular complexity index is 634. The smallest absolute Gasteiger partial charge is 0.282 e. The molecule has 3 heterocycles. The van der Waals surface area contributed by atoms with Crippen LogP contribution in [0.1, 0.15) is 39.5 Å². The average molecular weight is 371 g/mol. The predicted octanol–water partition coefficient (Wildman–Crippen LogP) is 1.48. The number of ketones is 2. The van der Waals surface area contributed by atoms with E-state index in [0.717, 1.165) is 45.9 Å². The van der Waals surface area contributed by atoms with Crippen LogP contribution >= 0.6 is 0 Å². The zero-order valence-electron chi connectivity index (χ0n) is 16.6. The summed E-state index contributed by atoms with van der Waals surface area (Å²) in [7, 11) is 4.98. The molecule has 4 aliphatic rings. The van der Waals surface area contributed by atoms with Crippen molar-refractivity contribution in [1.82, 2.24) is 14.7 Å². The van der Waals surface area contributed by atoms with Gasteiger partial charge < -0.3 is 19.4 Å². The van der Waals surface area contributed by atoms with Gasteiger partial charge in [-0.25, -0.2) is 0 Å². The van der Waals surface area contributed by atoms with Crippen LogP contribution in [0.2, 0.25) is 0 Å². The Hall–Kier alpha value is -1.76. The molecule has 3 saturated heterocycles. The van der Waals surface area contributed by atoms with Gasteiger partial charge >= 0.3 is 0 Å². The Kier molecular flexibility index (Phi) is 6.63. The molecule has 1 atom stereocenters. The molecule has 2 radical (unpaired) electrons. The van der Waals surface area contributed by atoms with Crippen molar-refractivity contribution in [2.24, 2.45) is 5.92 Å². The van der Waals surface area contributed by atoms with Gasteiger partial charge in [0.2, 0.25) is 11.6 Å². The predicted molar refractivity (Wildman–Crippen MR) is 105 cm³/mol. The quantitative estimate of drug-likeness (QED) is 0.348. The van der Waals surface area contributed by atoms with Crippen LogP contribution in [0.4, 0.5) is 0 Å². The molecule has 6 nitrogen and oxygen atoms in total. The van der Waals surface area contributed by atoms with E-state index in [-0.39, 0.29) is 11.6 Å². The van der Waals surface area contributed by atoms with Crippen LogP contribution < -0.4 is 0 Å². The molecule has 3 fully saturated rings. The van der Waals surface area contributed by atoms with E-state index >= 15 is 0 Å². The second kappa shape index (κ2) is 8.96. The molecule has 3 aliphatic heterocycles. The van der Waals surface area contributed by atoms with Gasteiger partial charge in [-0.15, -0.1) is 0 Å². The molecule has 0 bridgehead atoms. The zero-order valence-corrected chi connectivity index (χ0v) is 16.6. The number of rotatable bonds is 9. The first kappa shape index (κ1) is 20.0. The van der Waals surface area contributed by atoms with E-state index in [0.29, 0.717) is 23.0 Å². The van der Waals surface area contributed by atoms with Crippen molar-refractivity contribution in [2.45, 2.75) is 39.5 Å². The average Bonchev–Trinajstić information content (AvgIpc) is 3.49. The third-order valence-corrected chi connectivity index (χ3v) is 5.36. The molecule has 27 heavy (non-hydrogen) atoms. The highest BCUT2D eigenvalue weighted by molar-refractivity contribution is 6.22. The molecule has 0 aromatic rings. The summed E-state index contributed by atoms with van der Waals surface area (Å²) >= 11 is 0. The number of hydrogen-bond acceptors (Lipinski definition) is 6. The fraction of sp³-hybridized carbons (Fsp3) is 0.700. The van der Waals surface area contributed by atoms with E-state index in [9.17, 15) is 9.59 Å². The number of unbranched alkanes of at least 4 members (excludes halogenated alkanes) is 1. The first-order valence-corrected chi connectivity index (χ1v) is 10.2. The summed E-state index contributed by atoms with van der Waals surface area (Å²) in [4.78, 5) is 30.5. The number of hydrogen-bond donors (Lipinski definition) is 0. The van der Waals surface area contributed by atoms with Gasteiger partial charge in [-0.1, -0.05) is 33.1 Å². The monoisotopic (exact) mass is 371 g/mol. The summed E-state index contributed by atoms with van der Waals surface area (Å²) in [5.41, 5.74) is 1.89. The van der Waals surface area contributed by atoms with Gasteiger partial charge in [0.25, 0.3) is 8.05 Å². The van der Waals surface area contributed by atoms with E-state index in [4.69, 9.17) is 8.05 Å². The van der Waals surface area contributed by atoms with E-state index in [1.807, 2.05) is 14.7 Å². The Morgan fingerprint density at radius 1 is 1.00 bits per heavy atom. The van der Waals surface area contributed by atoms with E-state index in [1.54, 1.807) is 0 Å². The molecule has 4 rings (SSSR count). The molecule has 0 N–H and O–H groups in total. The molecular weight excluding hydrogens is 341 g/mol. The first-order valence-electron chi connectivity index (χ1n) is 10.2. The van der Waals surface area contributed by atoms with Crippen molar-refractivity contribution in [1.29, 1.82) is 0 Å². The van der Waals surface area contributed by atoms with Crippen molar-refractivity contribution >= 4 is 19.6 Å². The maximum atomic E-state index is 12.4. The fourth-order valence-electron chi connectivity index (χ4n) is 3.31. The number of nitrogens with zero attached hydrogens (tertiary/aromatic N) is 3. The Morgan fingerprint density at radius 2 is 1.59 bits per heavy atom. The highest BCUT2D eigenvalue weighted by Gasteiger charge is 2.43. The van der Waals surface area contributed by atoms with Gasteiger partial charge in [0.05, 0.1) is 5.70 Å². The molecular formula is C20H30BN3O3. The molecule has 1 unspecified atom stereocenters. The minimum Gasteiger partial charge on any atom is -0.447 e. The fourth-order valence-corrected chi connectivity index (χ4v) is 3.31. The van der Waals surface area contributed by atoms with Crippen molar-refractivity contribution < 1.29 is 14.2 Å². The van der Waals surface area contributed by atoms with E-state index in [1.165, 1.54) is 31.8 Å². The third kappa shape index (κ3) is 5.15. The normalized spacial score (nSPS) is 21.7. The lowest BCUT2D eigenvalue weighted by Gasteiger charge is -2.21. The van der Waals surface area contributed by atoms with Gasteiger partial charge in [0, 0.05) is 52.0 Å². The lowest BCUT2D eigenvalue weighted by molar-refractivity contribution is -0.117. The molecule has 0 aromatic heterocycles. The van der Waals surface area contributed by atoms with Crippen molar-refractivity contribution in [3.63, 3.8) is 0 Å². The Balaban J connectivity index is 0.000000183. The van der Waals surface area contributed by atoms with E-state index < -0.39 is 0 Å². The summed E-state index contributed by atoms with van der Waals surface area (Å²) in [5, 5.41) is 0. The number of carbonyl (C=O) groups is 2. The van der Waals surface area contributed by atoms with Gasteiger partial charge in [-0.05, 0) is 12.3 Å². The molecule has 0 spiro atoms. The zero-order chi connectivity index (χ0) is 19.4. The molecule has 7 heteroatoms. The number of carbonyl (C=O) groups excluding carboxylic acids is 2. The third-order valence-electron chi connectivity index (χ3n) is 5.36. The Morgan fingerprint density at radius 3 is 2.07 bits per heavy atom. The lowest BCUT2D eigenvalue weighted by atomic mass is 10.0. The van der Waals surface area contributed by atoms with Gasteiger partial charge in [0.1, 0.15) is 11.4 Å². The summed E-state index contributed by atoms with van der Waals surface area (Å²) in [6.45, 7) is 10.5. The Labute approximate surface area is 163 Å². The van der Waals surface area contributed by atoms with E-state index in [2.05, 4.69) is 18.5 Å². The first-order chi connectivity index (χ1) is 13.1. The summed E-state index contributed by atoms with van der Waals surface area (Å²) in [6.07, 6.45) is 6.51. The second-order valence-corrected chi connectivity index (χ2v) is 7.63. The molecule has 146 valence electrons. The van der Waals surface area contributed by atoms with Gasteiger partial charge in [-0.3, -0.25) is 9.59 Å². The standard InChI is InChI=1S/C12H13N3O2.C8H17BO/c16-9-7-8(13-1-2-13)12(17)11(15-5-6-15)10(9)14-3-4-14;1-3-5-6-8(4-2)7-10-9/h7H,1-6H2;8H,3-7H2,1-2H3. The molecule has 0 saturated carbocycles. The topological polar surface area (TPSA) is 52.4 Å². The van der Waals surface area contributed by atoms with Crippen LogP contribution in [0.25, 0.3) is 0 Å². The number of allylic oxidation sites excluding steroid dienone is 1. The van der Waals surface area contributed by atoms with Gasteiger partial charge in [-0.2, -0.15) is 0 Å². The summed E-state index contributed by atoms with van der Waals surface area (Å²) in [5.74, 6) is 0.720. The highest BCUT2D eigenvalue weighted by atomic mass is 16.4. The van der Waals surface area contributed by atoms with Gasteiger partial charge in [0.15, 0.2) is 0 Å². The van der Waals surface area contributed by atoms with Crippen LogP contribution in [0, 0.1) is 5.92 Å². The maximum Gasteiger partial charge on any atom is 0.282 e. The maximum absolute atomic E-state index is 12.4. The van der Waals surface area contributed by atoms with Crippen LogP contribution in [0.5, 0.6) is 0 Å². The van der Waals surface area contributed by atoms with Crippen LogP contribution in [0.15, 0.2) is 23.2 Å². The van der Waals surface area contributed by atoms with Crippen molar-refractivity contribution in [3.05, 3.63) is 23.2 Å². The van der Waals surface area contributed by atoms with Crippen molar-refractivity contribution in [2.75, 3.05) is 45.9 Å². The second-order valence-electron chi connectivity index (χ2n) is 7.63. The molecule has 1 aliphatic carbocycles. The molecule has 0 aromatic carbocycles. The molecule has 0 amide bonds. The van der Waals surface area contributed by atoms with Crippen LogP contribution in [-0.2, 0) is 14.2 Å². The minimum atomic E-state index is 0.00546. The lowest BCUT2D eigenvalue weighted by Crippen LogP contribution is -2.29. The van der Waals surface area contributed by atoms with Crippen LogP contribution in [-0.4, -0.2) is 80.2 Å². The minimum absolute atomic E-state index is 0.00546.